The van der Waals surface area contributed by atoms with Crippen LogP contribution in [0.2, 0.25) is 0 Å². The summed E-state index contributed by atoms with van der Waals surface area (Å²) in [5.41, 5.74) is 0. The van der Waals surface area contributed by atoms with Crippen LogP contribution in [-0.4, -0.2) is 96.7 Å². The van der Waals surface area contributed by atoms with E-state index in [-0.39, 0.29) is 25.7 Å². The van der Waals surface area contributed by atoms with Gasteiger partial charge in [-0.1, -0.05) is 150 Å². The highest BCUT2D eigenvalue weighted by molar-refractivity contribution is 7.47. The number of aliphatic hydroxyl groups is 1. The Morgan fingerprint density at radius 1 is 0.381 bits per heavy atom. The van der Waals surface area contributed by atoms with Crippen molar-refractivity contribution in [2.45, 2.75) is 219 Å². The first-order valence-electron chi connectivity index (χ1n) is 23.8. The Morgan fingerprint density at radius 2 is 0.667 bits per heavy atom. The van der Waals surface area contributed by atoms with Gasteiger partial charge in [-0.25, -0.2) is 9.13 Å². The molecule has 3 N–H and O–H groups in total. The molecule has 0 aromatic carbocycles. The minimum absolute atomic E-state index is 0.0865. The van der Waals surface area contributed by atoms with Crippen molar-refractivity contribution >= 4 is 39.5 Å². The lowest BCUT2D eigenvalue weighted by Crippen LogP contribution is -2.30. The van der Waals surface area contributed by atoms with Crippen LogP contribution in [0.4, 0.5) is 0 Å². The molecule has 0 aliphatic heterocycles. The van der Waals surface area contributed by atoms with Gasteiger partial charge in [0, 0.05) is 25.7 Å². The maximum Gasteiger partial charge on any atom is 0.472 e. The van der Waals surface area contributed by atoms with E-state index in [1.54, 1.807) is 6.92 Å². The highest BCUT2D eigenvalue weighted by Gasteiger charge is 2.30. The molecule has 63 heavy (non-hydrogen) atoms. The zero-order chi connectivity index (χ0) is 47.0. The predicted molar refractivity (Wildman–Crippen MR) is 238 cm³/mol. The van der Waals surface area contributed by atoms with E-state index < -0.39 is 97.5 Å². The molecule has 0 aromatic heterocycles. The van der Waals surface area contributed by atoms with Gasteiger partial charge in [0.05, 0.1) is 26.4 Å². The zero-order valence-corrected chi connectivity index (χ0v) is 40.8. The second kappa shape index (κ2) is 40.3. The van der Waals surface area contributed by atoms with Crippen molar-refractivity contribution < 1.29 is 80.2 Å². The van der Waals surface area contributed by atoms with Gasteiger partial charge in [-0.3, -0.25) is 37.3 Å². The molecule has 17 nitrogen and oxygen atoms in total. The molecule has 0 heterocycles. The fourth-order valence-corrected chi connectivity index (χ4v) is 7.72. The van der Waals surface area contributed by atoms with Crippen molar-refractivity contribution in [1.29, 1.82) is 0 Å². The quantitative estimate of drug-likeness (QED) is 0.0223. The average Bonchev–Trinajstić information content (AvgIpc) is 3.24. The van der Waals surface area contributed by atoms with Gasteiger partial charge >= 0.3 is 39.5 Å². The summed E-state index contributed by atoms with van der Waals surface area (Å²) >= 11 is 0. The number of esters is 4. The minimum atomic E-state index is -4.91. The normalized spacial score (nSPS) is 14.8. The molecule has 0 aliphatic carbocycles. The topological polar surface area (TPSA) is 237 Å². The number of phosphoric ester groups is 2. The van der Waals surface area contributed by atoms with Crippen LogP contribution in [0.1, 0.15) is 201 Å². The highest BCUT2D eigenvalue weighted by atomic mass is 31.2. The molecule has 19 heteroatoms. The number of unbranched alkanes of at least 4 members (excludes halogenated alkanes) is 19. The summed E-state index contributed by atoms with van der Waals surface area (Å²) in [7, 11) is -9.79. The minimum Gasteiger partial charge on any atom is -0.462 e. The predicted octanol–water partition coefficient (Wildman–Crippen LogP) is 10.1. The maximum absolute atomic E-state index is 12.7. The number of rotatable bonds is 45. The molecule has 0 saturated carbocycles. The van der Waals surface area contributed by atoms with Crippen molar-refractivity contribution in [2.24, 2.45) is 0 Å². The van der Waals surface area contributed by atoms with Crippen molar-refractivity contribution in [3.05, 3.63) is 0 Å². The summed E-state index contributed by atoms with van der Waals surface area (Å²) in [4.78, 5) is 69.5. The molecular formula is C44H84O17P2. The molecule has 0 radical (unpaired) electrons. The van der Waals surface area contributed by atoms with E-state index >= 15 is 0 Å². The SMILES string of the molecule is CCCCCCCCCCCCCCCCCC(=O)O[C@H](COC(=O)CCCCCC)COP(=O)(O)OC[C@@H](O)COP(=O)(O)OC[C@@H](COC(=O)CCC)OC(=O)CCCCC. The lowest BCUT2D eigenvalue weighted by atomic mass is 10.0. The van der Waals surface area contributed by atoms with E-state index in [9.17, 15) is 43.2 Å². The van der Waals surface area contributed by atoms with Gasteiger partial charge in [0.15, 0.2) is 12.2 Å². The average molecular weight is 947 g/mol. The van der Waals surface area contributed by atoms with Crippen molar-refractivity contribution in [1.82, 2.24) is 0 Å². The van der Waals surface area contributed by atoms with Gasteiger partial charge < -0.3 is 33.8 Å². The lowest BCUT2D eigenvalue weighted by Gasteiger charge is -2.21. The largest absolute Gasteiger partial charge is 0.472 e. The van der Waals surface area contributed by atoms with E-state index in [0.717, 1.165) is 57.8 Å². The smallest absolute Gasteiger partial charge is 0.462 e. The monoisotopic (exact) mass is 947 g/mol. The lowest BCUT2D eigenvalue weighted by molar-refractivity contribution is -0.161. The Balaban J connectivity index is 4.88. The van der Waals surface area contributed by atoms with E-state index in [4.69, 9.17) is 37.0 Å². The first kappa shape index (κ1) is 61.1. The number of carbonyl (C=O) groups excluding carboxylic acids is 4. The summed E-state index contributed by atoms with van der Waals surface area (Å²) in [6, 6.07) is 0. The Kier molecular flexibility index (Phi) is 39.1. The standard InChI is InChI=1S/C44H84O17P2/c1-5-9-12-14-15-16-17-18-19-20-21-22-23-24-27-31-44(49)61-40(35-55-42(47)29-26-13-10-6-2)37-59-63(52,53)57-33-38(45)32-56-62(50,51)58-36-39(34-54-41(46)28-8-4)60-43(48)30-25-11-7-3/h38-40,45H,5-37H2,1-4H3,(H,50,51)(H,52,53)/t38-,39+,40+/m0/s1. The summed E-state index contributed by atoms with van der Waals surface area (Å²) in [6.07, 6.45) is 20.2. The fourth-order valence-electron chi connectivity index (χ4n) is 6.14. The Morgan fingerprint density at radius 3 is 1.05 bits per heavy atom. The fraction of sp³-hybridized carbons (Fsp3) is 0.909. The molecule has 0 spiro atoms. The van der Waals surface area contributed by atoms with Crippen molar-refractivity contribution in [3.8, 4) is 0 Å². The molecular weight excluding hydrogens is 862 g/mol. The summed E-state index contributed by atoms with van der Waals surface area (Å²) in [5, 5.41) is 10.3. The first-order valence-corrected chi connectivity index (χ1v) is 26.8. The van der Waals surface area contributed by atoms with Crippen LogP contribution in [0.25, 0.3) is 0 Å². The van der Waals surface area contributed by atoms with Crippen LogP contribution in [0.5, 0.6) is 0 Å². The Hall–Kier alpha value is -1.94. The molecule has 0 fully saturated rings. The summed E-state index contributed by atoms with van der Waals surface area (Å²) in [5.74, 6) is -2.26. The Labute approximate surface area is 377 Å². The third-order valence-electron chi connectivity index (χ3n) is 9.82. The second-order valence-corrected chi connectivity index (χ2v) is 19.0. The number of carbonyl (C=O) groups is 4. The molecule has 0 aliphatic rings. The van der Waals surface area contributed by atoms with Crippen LogP contribution in [0.3, 0.4) is 0 Å². The van der Waals surface area contributed by atoms with Crippen LogP contribution in [0, 0.1) is 0 Å². The first-order chi connectivity index (χ1) is 30.2. The summed E-state index contributed by atoms with van der Waals surface area (Å²) in [6.45, 7) is 4.03. The third-order valence-corrected chi connectivity index (χ3v) is 11.7. The molecule has 372 valence electrons. The molecule has 0 aromatic rings. The molecule has 5 atom stereocenters. The number of aliphatic hydroxyl groups excluding tert-OH is 1. The summed E-state index contributed by atoms with van der Waals surface area (Å²) < 4.78 is 65.8. The Bertz CT molecular complexity index is 1270. The maximum atomic E-state index is 12.7. The van der Waals surface area contributed by atoms with Crippen molar-refractivity contribution in [3.63, 3.8) is 0 Å². The molecule has 2 unspecified atom stereocenters. The van der Waals surface area contributed by atoms with Gasteiger partial charge in [0.25, 0.3) is 0 Å². The molecule has 0 bridgehead atoms. The second-order valence-electron chi connectivity index (χ2n) is 16.1. The van der Waals surface area contributed by atoms with Gasteiger partial charge in [-0.15, -0.1) is 0 Å². The van der Waals surface area contributed by atoms with Crippen LogP contribution in [-0.2, 0) is 65.4 Å². The number of hydrogen-bond acceptors (Lipinski definition) is 15. The third kappa shape index (κ3) is 40.1. The van der Waals surface area contributed by atoms with Crippen LogP contribution >= 0.6 is 15.6 Å². The molecule has 0 rings (SSSR count). The number of ether oxygens (including phenoxy) is 4. The van der Waals surface area contributed by atoms with E-state index in [0.29, 0.717) is 25.7 Å². The highest BCUT2D eigenvalue weighted by Crippen LogP contribution is 2.45. The van der Waals surface area contributed by atoms with Gasteiger partial charge in [-0.2, -0.15) is 0 Å². The van der Waals surface area contributed by atoms with Crippen molar-refractivity contribution in [2.75, 3.05) is 39.6 Å². The van der Waals surface area contributed by atoms with E-state index in [1.807, 2.05) is 13.8 Å². The van der Waals surface area contributed by atoms with Crippen LogP contribution < -0.4 is 0 Å². The van der Waals surface area contributed by atoms with Crippen LogP contribution in [0.15, 0.2) is 0 Å². The van der Waals surface area contributed by atoms with Gasteiger partial charge in [0.1, 0.15) is 19.3 Å². The molecule has 0 saturated heterocycles. The molecule has 0 amide bonds. The van der Waals surface area contributed by atoms with Gasteiger partial charge in [0.2, 0.25) is 0 Å². The number of hydrogen-bond donors (Lipinski definition) is 3. The van der Waals surface area contributed by atoms with E-state index in [2.05, 4.69) is 6.92 Å². The zero-order valence-electron chi connectivity index (χ0n) is 39.0. The number of phosphoric acid groups is 2. The van der Waals surface area contributed by atoms with E-state index in [1.165, 1.54) is 64.2 Å². The van der Waals surface area contributed by atoms with Gasteiger partial charge in [-0.05, 0) is 25.7 Å².